The summed E-state index contributed by atoms with van der Waals surface area (Å²) in [6.45, 7) is 11.1. The van der Waals surface area contributed by atoms with Gasteiger partial charge in [-0.1, -0.05) is 26.8 Å². The topological polar surface area (TPSA) is 71.1 Å². The third-order valence-electron chi connectivity index (χ3n) is 2.59. The fourth-order valence-electron chi connectivity index (χ4n) is 1.47. The van der Waals surface area contributed by atoms with E-state index in [1.165, 1.54) is 0 Å². The van der Waals surface area contributed by atoms with E-state index in [9.17, 15) is 4.79 Å². The Labute approximate surface area is 113 Å². The zero-order valence-electron chi connectivity index (χ0n) is 12.1. The molecule has 1 amide bonds. The molecule has 6 nitrogen and oxygen atoms in total. The second-order valence-corrected chi connectivity index (χ2v) is 5.29. The minimum Gasteiger partial charge on any atom is -0.383 e. The Morgan fingerprint density at radius 1 is 1.53 bits per heavy atom. The predicted octanol–water partition coefficient (Wildman–Crippen LogP) is 1.38. The number of amides is 1. The molecule has 0 saturated heterocycles. The van der Waals surface area contributed by atoms with E-state index >= 15 is 0 Å². The third-order valence-corrected chi connectivity index (χ3v) is 2.59. The van der Waals surface area contributed by atoms with Gasteiger partial charge < -0.3 is 9.64 Å². The zero-order valence-corrected chi connectivity index (χ0v) is 12.1. The van der Waals surface area contributed by atoms with E-state index in [1.807, 2.05) is 20.8 Å². The highest BCUT2D eigenvalue weighted by Crippen LogP contribution is 2.17. The van der Waals surface area contributed by atoms with Crippen molar-refractivity contribution < 1.29 is 9.53 Å². The van der Waals surface area contributed by atoms with Gasteiger partial charge in [0.1, 0.15) is 5.82 Å². The van der Waals surface area contributed by atoms with E-state index < -0.39 is 0 Å². The fraction of sp³-hybridized carbons (Fsp3) is 0.615. The van der Waals surface area contributed by atoms with Gasteiger partial charge in [0.05, 0.1) is 6.61 Å². The number of rotatable bonds is 6. The number of H-pyrrole nitrogens is 1. The first kappa shape index (κ1) is 15.4. The molecule has 106 valence electrons. The SMILES string of the molecule is C=CCN(CCOC)C(=O)c1n[nH]c(C(C)(C)C)n1. The van der Waals surface area contributed by atoms with Crippen molar-refractivity contribution in [3.8, 4) is 0 Å². The molecular formula is C13H22N4O2. The predicted molar refractivity (Wildman–Crippen MR) is 73.1 cm³/mol. The van der Waals surface area contributed by atoms with Gasteiger partial charge in [-0.05, 0) is 0 Å². The molecule has 19 heavy (non-hydrogen) atoms. The average Bonchev–Trinajstić information content (AvgIpc) is 2.83. The number of nitrogens with zero attached hydrogens (tertiary/aromatic N) is 3. The highest BCUT2D eigenvalue weighted by atomic mass is 16.5. The second kappa shape index (κ2) is 6.47. The molecular weight excluding hydrogens is 244 g/mol. The Balaban J connectivity index is 2.84. The molecule has 6 heteroatoms. The van der Waals surface area contributed by atoms with Gasteiger partial charge in [-0.25, -0.2) is 4.98 Å². The number of carbonyl (C=O) groups excluding carboxylic acids is 1. The van der Waals surface area contributed by atoms with Crippen LogP contribution in [0.4, 0.5) is 0 Å². The van der Waals surface area contributed by atoms with Crippen molar-refractivity contribution in [2.24, 2.45) is 0 Å². The summed E-state index contributed by atoms with van der Waals surface area (Å²) in [5.74, 6) is 0.660. The van der Waals surface area contributed by atoms with Crippen LogP contribution in [0.5, 0.6) is 0 Å². The van der Waals surface area contributed by atoms with Gasteiger partial charge in [0, 0.05) is 25.6 Å². The molecule has 0 aromatic carbocycles. The van der Waals surface area contributed by atoms with E-state index in [2.05, 4.69) is 21.8 Å². The summed E-state index contributed by atoms with van der Waals surface area (Å²) >= 11 is 0. The Hall–Kier alpha value is -1.69. The van der Waals surface area contributed by atoms with Crippen molar-refractivity contribution in [3.05, 3.63) is 24.3 Å². The normalized spacial score (nSPS) is 11.4. The van der Waals surface area contributed by atoms with Gasteiger partial charge >= 0.3 is 0 Å². The van der Waals surface area contributed by atoms with Crippen molar-refractivity contribution >= 4 is 5.91 Å². The number of carbonyl (C=O) groups is 1. The molecule has 0 fully saturated rings. The van der Waals surface area contributed by atoms with Crippen molar-refractivity contribution in [1.29, 1.82) is 0 Å². The molecule has 0 aliphatic rings. The lowest BCUT2D eigenvalue weighted by Crippen LogP contribution is -2.34. The average molecular weight is 266 g/mol. The quantitative estimate of drug-likeness (QED) is 0.790. The van der Waals surface area contributed by atoms with Crippen LogP contribution < -0.4 is 0 Å². The van der Waals surface area contributed by atoms with Gasteiger partial charge in [0.2, 0.25) is 5.82 Å². The van der Waals surface area contributed by atoms with E-state index in [1.54, 1.807) is 18.1 Å². The Kier molecular flexibility index (Phi) is 5.23. The van der Waals surface area contributed by atoms with Crippen LogP contribution in [-0.4, -0.2) is 52.8 Å². The number of hydrogen-bond donors (Lipinski definition) is 1. The number of methoxy groups -OCH3 is 1. The lowest BCUT2D eigenvalue weighted by atomic mass is 9.96. The van der Waals surface area contributed by atoms with Gasteiger partial charge in [-0.3, -0.25) is 9.89 Å². The third kappa shape index (κ3) is 4.17. The number of aromatic amines is 1. The first-order valence-corrected chi connectivity index (χ1v) is 6.22. The minimum atomic E-state index is -0.219. The summed E-state index contributed by atoms with van der Waals surface area (Å²) in [6.07, 6.45) is 1.67. The van der Waals surface area contributed by atoms with Crippen molar-refractivity contribution in [2.45, 2.75) is 26.2 Å². The van der Waals surface area contributed by atoms with Crippen LogP contribution in [0, 0.1) is 0 Å². The van der Waals surface area contributed by atoms with Crippen LogP contribution in [0.3, 0.4) is 0 Å². The molecule has 1 heterocycles. The zero-order chi connectivity index (χ0) is 14.5. The molecule has 0 radical (unpaired) electrons. The van der Waals surface area contributed by atoms with Crippen LogP contribution >= 0.6 is 0 Å². The molecule has 0 spiro atoms. The van der Waals surface area contributed by atoms with Gasteiger partial charge in [0.25, 0.3) is 5.91 Å². The van der Waals surface area contributed by atoms with Crippen molar-refractivity contribution in [3.63, 3.8) is 0 Å². The summed E-state index contributed by atoms with van der Waals surface area (Å²) in [4.78, 5) is 18.1. The molecule has 0 atom stereocenters. The number of hydrogen-bond acceptors (Lipinski definition) is 4. The first-order chi connectivity index (χ1) is 8.90. The lowest BCUT2D eigenvalue weighted by molar-refractivity contribution is 0.0706. The van der Waals surface area contributed by atoms with Crippen LogP contribution in [0.15, 0.2) is 12.7 Å². The number of nitrogens with one attached hydrogen (secondary N) is 1. The lowest BCUT2D eigenvalue weighted by Gasteiger charge is -2.18. The summed E-state index contributed by atoms with van der Waals surface area (Å²) in [7, 11) is 1.60. The molecule has 1 N–H and O–H groups in total. The maximum absolute atomic E-state index is 12.3. The summed E-state index contributed by atoms with van der Waals surface area (Å²) in [5, 5.41) is 6.81. The molecule has 1 rings (SSSR count). The smallest absolute Gasteiger partial charge is 0.293 e. The molecule has 0 saturated carbocycles. The van der Waals surface area contributed by atoms with Gasteiger partial charge in [0.15, 0.2) is 0 Å². The van der Waals surface area contributed by atoms with Crippen molar-refractivity contribution in [1.82, 2.24) is 20.1 Å². The van der Waals surface area contributed by atoms with E-state index in [4.69, 9.17) is 4.74 Å². The fourth-order valence-corrected chi connectivity index (χ4v) is 1.47. The summed E-state index contributed by atoms with van der Waals surface area (Å²) in [5.41, 5.74) is -0.165. The maximum atomic E-state index is 12.3. The van der Waals surface area contributed by atoms with E-state index in [0.29, 0.717) is 25.5 Å². The van der Waals surface area contributed by atoms with Gasteiger partial charge in [-0.15, -0.1) is 11.7 Å². The Morgan fingerprint density at radius 3 is 2.68 bits per heavy atom. The second-order valence-electron chi connectivity index (χ2n) is 5.29. The van der Waals surface area contributed by atoms with Crippen LogP contribution in [0.1, 0.15) is 37.2 Å². The van der Waals surface area contributed by atoms with Gasteiger partial charge in [-0.2, -0.15) is 0 Å². The molecule has 0 unspecified atom stereocenters. The van der Waals surface area contributed by atoms with E-state index in [-0.39, 0.29) is 17.1 Å². The Morgan fingerprint density at radius 2 is 2.21 bits per heavy atom. The highest BCUT2D eigenvalue weighted by molar-refractivity contribution is 5.90. The van der Waals surface area contributed by atoms with Crippen LogP contribution in [0.2, 0.25) is 0 Å². The summed E-state index contributed by atoms with van der Waals surface area (Å²) in [6, 6.07) is 0. The number of ether oxygens (including phenoxy) is 1. The molecule has 0 aliphatic carbocycles. The van der Waals surface area contributed by atoms with Crippen LogP contribution in [-0.2, 0) is 10.2 Å². The molecule has 0 aliphatic heterocycles. The molecule has 1 aromatic heterocycles. The molecule has 0 bridgehead atoms. The minimum absolute atomic E-state index is 0.165. The highest BCUT2D eigenvalue weighted by Gasteiger charge is 2.23. The van der Waals surface area contributed by atoms with Crippen LogP contribution in [0.25, 0.3) is 0 Å². The monoisotopic (exact) mass is 266 g/mol. The van der Waals surface area contributed by atoms with Crippen molar-refractivity contribution in [2.75, 3.05) is 26.8 Å². The Bertz CT molecular complexity index is 434. The standard InChI is InChI=1S/C13H22N4O2/c1-6-7-17(8-9-19-5)11(18)10-14-12(16-15-10)13(2,3)4/h6H,1,7-9H2,2-5H3,(H,14,15,16). The first-order valence-electron chi connectivity index (χ1n) is 6.22. The maximum Gasteiger partial charge on any atom is 0.293 e. The largest absolute Gasteiger partial charge is 0.383 e. The molecule has 1 aromatic rings. The summed E-state index contributed by atoms with van der Waals surface area (Å²) < 4.78 is 4.99. The number of aromatic nitrogens is 3. The van der Waals surface area contributed by atoms with E-state index in [0.717, 1.165) is 0 Å².